The topological polar surface area (TPSA) is 9.23 Å². The molecule has 0 fully saturated rings. The van der Waals surface area contributed by atoms with Crippen LogP contribution in [0, 0.1) is 6.92 Å². The van der Waals surface area contributed by atoms with Crippen LogP contribution in [0.5, 0.6) is 0 Å². The van der Waals surface area contributed by atoms with Gasteiger partial charge < -0.3 is 4.74 Å². The van der Waals surface area contributed by atoms with Crippen LogP contribution in [-0.2, 0) is 4.74 Å². The monoisotopic (exact) mass is 199 g/mol. The molecule has 0 aliphatic rings. The van der Waals surface area contributed by atoms with Crippen LogP contribution in [0.2, 0.25) is 0 Å². The van der Waals surface area contributed by atoms with Crippen molar-refractivity contribution in [1.82, 2.24) is 0 Å². The summed E-state index contributed by atoms with van der Waals surface area (Å²) in [5, 5.41) is 0. The Morgan fingerprint density at radius 2 is 1.36 bits per heavy atom. The molecule has 0 saturated heterocycles. The molecular formula is C13H27O. The molecule has 0 N–H and O–H groups in total. The van der Waals surface area contributed by atoms with Gasteiger partial charge in [0.2, 0.25) is 0 Å². The van der Waals surface area contributed by atoms with Gasteiger partial charge in [0.05, 0.1) is 0 Å². The van der Waals surface area contributed by atoms with Crippen molar-refractivity contribution in [3.8, 4) is 0 Å². The standard InChI is InChI=1S/C13H27O/c1-3-5-6-7-8-9-10-11-13-14-12-4-2/h1,3-13H2,2H3. The fraction of sp³-hybridized carbons (Fsp3) is 0.923. The van der Waals surface area contributed by atoms with Crippen LogP contribution >= 0.6 is 0 Å². The van der Waals surface area contributed by atoms with E-state index in [9.17, 15) is 0 Å². The molecule has 0 heterocycles. The molecule has 1 nitrogen and oxygen atoms in total. The highest BCUT2D eigenvalue weighted by molar-refractivity contribution is 4.47. The van der Waals surface area contributed by atoms with Crippen LogP contribution in [-0.4, -0.2) is 13.2 Å². The SMILES string of the molecule is [CH2]CCCCCCCCCOCCC. The Kier molecular flexibility index (Phi) is 12.9. The van der Waals surface area contributed by atoms with E-state index >= 15 is 0 Å². The molecule has 1 heteroatoms. The number of unbranched alkanes of at least 4 members (excludes halogenated alkanes) is 7. The van der Waals surface area contributed by atoms with Gasteiger partial charge in [-0.1, -0.05) is 58.8 Å². The Morgan fingerprint density at radius 3 is 1.93 bits per heavy atom. The molecule has 0 aliphatic heterocycles. The maximum Gasteiger partial charge on any atom is 0.0466 e. The summed E-state index contributed by atoms with van der Waals surface area (Å²) in [5.74, 6) is 0. The molecule has 0 aliphatic carbocycles. The Labute approximate surface area is 90.2 Å². The van der Waals surface area contributed by atoms with Crippen LogP contribution in [0.4, 0.5) is 0 Å². The Hall–Kier alpha value is -0.0400. The van der Waals surface area contributed by atoms with Gasteiger partial charge in [-0.2, -0.15) is 0 Å². The van der Waals surface area contributed by atoms with Gasteiger partial charge in [0.15, 0.2) is 0 Å². The van der Waals surface area contributed by atoms with Crippen LogP contribution in [0.25, 0.3) is 0 Å². The molecule has 0 atom stereocenters. The molecule has 0 rings (SSSR count). The summed E-state index contributed by atoms with van der Waals surface area (Å²) < 4.78 is 5.42. The largest absolute Gasteiger partial charge is 0.381 e. The van der Waals surface area contributed by atoms with Crippen molar-refractivity contribution in [2.24, 2.45) is 0 Å². The molecule has 0 saturated carbocycles. The molecule has 0 unspecified atom stereocenters. The van der Waals surface area contributed by atoms with Gasteiger partial charge in [-0.3, -0.25) is 0 Å². The van der Waals surface area contributed by atoms with E-state index in [1.807, 2.05) is 0 Å². The van der Waals surface area contributed by atoms with E-state index in [1.54, 1.807) is 0 Å². The zero-order valence-electron chi connectivity index (χ0n) is 9.89. The zero-order chi connectivity index (χ0) is 10.5. The van der Waals surface area contributed by atoms with Gasteiger partial charge >= 0.3 is 0 Å². The lowest BCUT2D eigenvalue weighted by molar-refractivity contribution is 0.130. The fourth-order valence-electron chi connectivity index (χ4n) is 1.51. The maximum atomic E-state index is 5.42. The molecule has 14 heavy (non-hydrogen) atoms. The maximum absolute atomic E-state index is 5.42. The van der Waals surface area contributed by atoms with Gasteiger partial charge in [0.25, 0.3) is 0 Å². The molecule has 0 aromatic carbocycles. The minimum atomic E-state index is 0.934. The van der Waals surface area contributed by atoms with E-state index in [0.29, 0.717) is 0 Å². The van der Waals surface area contributed by atoms with Gasteiger partial charge in [-0.15, -0.1) is 0 Å². The van der Waals surface area contributed by atoms with Crippen LogP contribution in [0.15, 0.2) is 0 Å². The zero-order valence-corrected chi connectivity index (χ0v) is 9.89. The Balaban J connectivity index is 2.78. The second-order valence-corrected chi connectivity index (χ2v) is 3.94. The quantitative estimate of drug-likeness (QED) is 0.449. The summed E-state index contributed by atoms with van der Waals surface area (Å²) in [6, 6.07) is 0. The predicted octanol–water partition coefficient (Wildman–Crippen LogP) is 4.37. The van der Waals surface area contributed by atoms with Crippen LogP contribution in [0.3, 0.4) is 0 Å². The van der Waals surface area contributed by atoms with E-state index in [-0.39, 0.29) is 0 Å². The van der Waals surface area contributed by atoms with Crippen molar-refractivity contribution >= 4 is 0 Å². The van der Waals surface area contributed by atoms with Crippen molar-refractivity contribution < 1.29 is 4.74 Å². The summed E-state index contributed by atoms with van der Waals surface area (Å²) in [7, 11) is 0. The van der Waals surface area contributed by atoms with E-state index in [2.05, 4.69) is 13.8 Å². The van der Waals surface area contributed by atoms with E-state index < -0.39 is 0 Å². The molecule has 85 valence electrons. The van der Waals surface area contributed by atoms with Gasteiger partial charge in [0, 0.05) is 13.2 Å². The average molecular weight is 199 g/mol. The molecule has 0 bridgehead atoms. The van der Waals surface area contributed by atoms with Crippen molar-refractivity contribution in [1.29, 1.82) is 0 Å². The minimum absolute atomic E-state index is 0.934. The molecule has 0 aromatic rings. The molecule has 0 aromatic heterocycles. The summed E-state index contributed by atoms with van der Waals surface area (Å²) in [4.78, 5) is 0. The summed E-state index contributed by atoms with van der Waals surface area (Å²) in [5.41, 5.74) is 0. The molecular weight excluding hydrogens is 172 g/mol. The second kappa shape index (κ2) is 13.0. The second-order valence-electron chi connectivity index (χ2n) is 3.94. The lowest BCUT2D eigenvalue weighted by Gasteiger charge is -2.02. The van der Waals surface area contributed by atoms with Gasteiger partial charge in [-0.25, -0.2) is 0 Å². The van der Waals surface area contributed by atoms with E-state index in [1.165, 1.54) is 44.9 Å². The lowest BCUT2D eigenvalue weighted by atomic mass is 10.1. The smallest absolute Gasteiger partial charge is 0.0466 e. The minimum Gasteiger partial charge on any atom is -0.381 e. The van der Waals surface area contributed by atoms with Crippen molar-refractivity contribution in [2.45, 2.75) is 64.7 Å². The average Bonchev–Trinajstić information content (AvgIpc) is 2.21. The highest BCUT2D eigenvalue weighted by atomic mass is 16.5. The summed E-state index contributed by atoms with van der Waals surface area (Å²) >= 11 is 0. The fourth-order valence-corrected chi connectivity index (χ4v) is 1.51. The van der Waals surface area contributed by atoms with Crippen LogP contribution in [0.1, 0.15) is 64.7 Å². The third kappa shape index (κ3) is 12.0. The lowest BCUT2D eigenvalue weighted by Crippen LogP contribution is -1.95. The highest BCUT2D eigenvalue weighted by Gasteiger charge is 1.91. The summed E-state index contributed by atoms with van der Waals surface area (Å²) in [6.07, 6.45) is 11.7. The normalized spacial score (nSPS) is 10.7. The van der Waals surface area contributed by atoms with Crippen molar-refractivity contribution in [2.75, 3.05) is 13.2 Å². The first-order chi connectivity index (χ1) is 6.91. The van der Waals surface area contributed by atoms with Crippen molar-refractivity contribution in [3.05, 3.63) is 6.92 Å². The van der Waals surface area contributed by atoms with E-state index in [4.69, 9.17) is 4.74 Å². The molecule has 0 spiro atoms. The summed E-state index contributed by atoms with van der Waals surface area (Å²) in [6.45, 7) is 7.90. The molecule has 0 amide bonds. The van der Waals surface area contributed by atoms with Crippen molar-refractivity contribution in [3.63, 3.8) is 0 Å². The van der Waals surface area contributed by atoms with Gasteiger partial charge in [0.1, 0.15) is 0 Å². The first kappa shape index (κ1) is 14.0. The number of hydrogen-bond donors (Lipinski definition) is 0. The highest BCUT2D eigenvalue weighted by Crippen LogP contribution is 2.08. The van der Waals surface area contributed by atoms with E-state index in [0.717, 1.165) is 26.1 Å². The third-order valence-electron chi connectivity index (χ3n) is 2.39. The van der Waals surface area contributed by atoms with Gasteiger partial charge in [-0.05, 0) is 12.8 Å². The Bertz CT molecular complexity index is 79.2. The third-order valence-corrected chi connectivity index (χ3v) is 2.39. The first-order valence-electron chi connectivity index (χ1n) is 6.28. The number of ether oxygens (including phenoxy) is 1. The number of hydrogen-bond acceptors (Lipinski definition) is 1. The Morgan fingerprint density at radius 1 is 0.786 bits per heavy atom. The molecule has 1 radical (unpaired) electrons. The number of rotatable bonds is 11. The van der Waals surface area contributed by atoms with Crippen LogP contribution < -0.4 is 0 Å². The first-order valence-corrected chi connectivity index (χ1v) is 6.28. The predicted molar refractivity (Wildman–Crippen MR) is 63.4 cm³/mol.